The molecule has 2 fully saturated rings. The predicted molar refractivity (Wildman–Crippen MR) is 50.2 cm³/mol. The molecule has 0 saturated heterocycles. The van der Waals surface area contributed by atoms with E-state index in [-0.39, 0.29) is 12.1 Å². The van der Waals surface area contributed by atoms with Crippen molar-refractivity contribution in [3.05, 3.63) is 0 Å². The summed E-state index contributed by atoms with van der Waals surface area (Å²) in [6.45, 7) is 3.79. The van der Waals surface area contributed by atoms with Gasteiger partial charge in [0.25, 0.3) is 0 Å². The summed E-state index contributed by atoms with van der Waals surface area (Å²) in [5, 5.41) is 0. The molecule has 0 N–H and O–H groups in total. The Morgan fingerprint density at radius 1 is 1.31 bits per heavy atom. The van der Waals surface area contributed by atoms with Crippen molar-refractivity contribution in [2.24, 2.45) is 17.8 Å². The van der Waals surface area contributed by atoms with Crippen LogP contribution in [-0.4, -0.2) is 12.1 Å². The van der Waals surface area contributed by atoms with Gasteiger partial charge in [-0.1, -0.05) is 13.3 Å². The topological polar surface area (TPSA) is 26.3 Å². The maximum atomic E-state index is 10.8. The quantitative estimate of drug-likeness (QED) is 0.613. The number of rotatable bonds is 2. The Labute approximate surface area is 79.7 Å². The lowest BCUT2D eigenvalue weighted by Gasteiger charge is -2.26. The summed E-state index contributed by atoms with van der Waals surface area (Å²) in [6.07, 6.45) is 5.28. The van der Waals surface area contributed by atoms with Gasteiger partial charge in [0.15, 0.2) is 0 Å². The van der Waals surface area contributed by atoms with Gasteiger partial charge in [-0.15, -0.1) is 0 Å². The van der Waals surface area contributed by atoms with Crippen LogP contribution < -0.4 is 0 Å². The molecule has 2 aliphatic rings. The van der Waals surface area contributed by atoms with Crippen LogP contribution in [0.4, 0.5) is 0 Å². The third-order valence-electron chi connectivity index (χ3n) is 3.78. The van der Waals surface area contributed by atoms with Crippen LogP contribution in [-0.2, 0) is 9.53 Å². The van der Waals surface area contributed by atoms with Crippen molar-refractivity contribution >= 4 is 5.97 Å². The molecule has 0 radical (unpaired) electrons. The van der Waals surface area contributed by atoms with Crippen LogP contribution in [0.15, 0.2) is 0 Å². The summed E-state index contributed by atoms with van der Waals surface area (Å²) < 4.78 is 5.30. The molecule has 13 heavy (non-hydrogen) atoms. The Morgan fingerprint density at radius 2 is 2.08 bits per heavy atom. The first kappa shape index (κ1) is 9.04. The van der Waals surface area contributed by atoms with Crippen LogP contribution in [0.25, 0.3) is 0 Å². The highest BCUT2D eigenvalue weighted by Crippen LogP contribution is 2.50. The molecule has 0 heterocycles. The lowest BCUT2D eigenvalue weighted by Crippen LogP contribution is -2.26. The van der Waals surface area contributed by atoms with Crippen LogP contribution >= 0.6 is 0 Å². The lowest BCUT2D eigenvalue weighted by molar-refractivity contribution is -0.149. The fourth-order valence-corrected chi connectivity index (χ4v) is 3.20. The van der Waals surface area contributed by atoms with E-state index in [9.17, 15) is 4.79 Å². The zero-order valence-electron chi connectivity index (χ0n) is 8.45. The summed E-state index contributed by atoms with van der Waals surface area (Å²) in [7, 11) is 0. The van der Waals surface area contributed by atoms with Crippen molar-refractivity contribution in [3.8, 4) is 0 Å². The average molecular weight is 182 g/mol. The first-order valence-corrected chi connectivity index (χ1v) is 5.38. The standard InChI is InChI=1S/C11H18O2/c1-3-8-4-10-5-9(8)6-11(10)13-7(2)12/h8-11H,3-6H2,1-2H3/t8-,9-,10+,11+/m1/s1. The van der Waals surface area contributed by atoms with Gasteiger partial charge in [0.2, 0.25) is 0 Å². The van der Waals surface area contributed by atoms with Gasteiger partial charge in [0, 0.05) is 6.92 Å². The maximum Gasteiger partial charge on any atom is 0.302 e. The van der Waals surface area contributed by atoms with Crippen molar-refractivity contribution in [3.63, 3.8) is 0 Å². The molecule has 2 nitrogen and oxygen atoms in total. The van der Waals surface area contributed by atoms with Gasteiger partial charge in [-0.05, 0) is 37.0 Å². The van der Waals surface area contributed by atoms with E-state index in [1.54, 1.807) is 0 Å². The maximum absolute atomic E-state index is 10.8. The zero-order chi connectivity index (χ0) is 9.42. The van der Waals surface area contributed by atoms with E-state index in [2.05, 4.69) is 6.92 Å². The largest absolute Gasteiger partial charge is 0.462 e. The summed E-state index contributed by atoms with van der Waals surface area (Å²) in [6, 6.07) is 0. The molecule has 0 aromatic rings. The second-order valence-electron chi connectivity index (χ2n) is 4.54. The summed E-state index contributed by atoms with van der Waals surface area (Å²) in [4.78, 5) is 10.8. The zero-order valence-corrected chi connectivity index (χ0v) is 8.45. The third kappa shape index (κ3) is 1.59. The van der Waals surface area contributed by atoms with Gasteiger partial charge in [-0.2, -0.15) is 0 Å². The van der Waals surface area contributed by atoms with Gasteiger partial charge in [0.1, 0.15) is 6.10 Å². The number of carbonyl (C=O) groups excluding carboxylic acids is 1. The molecule has 0 aromatic carbocycles. The normalized spacial score (nSPS) is 42.3. The van der Waals surface area contributed by atoms with Gasteiger partial charge in [0.05, 0.1) is 0 Å². The molecule has 2 heteroatoms. The highest BCUT2D eigenvalue weighted by molar-refractivity contribution is 5.66. The molecule has 4 atom stereocenters. The molecule has 2 rings (SSSR count). The van der Waals surface area contributed by atoms with Crippen molar-refractivity contribution in [1.82, 2.24) is 0 Å². The average Bonchev–Trinajstić information content (AvgIpc) is 2.60. The van der Waals surface area contributed by atoms with Gasteiger partial charge < -0.3 is 4.74 Å². The van der Waals surface area contributed by atoms with E-state index in [1.807, 2.05) is 0 Å². The number of hydrogen-bond acceptors (Lipinski definition) is 2. The predicted octanol–water partition coefficient (Wildman–Crippen LogP) is 2.37. The molecule has 0 aromatic heterocycles. The van der Waals surface area contributed by atoms with Gasteiger partial charge in [-0.3, -0.25) is 4.79 Å². The Hall–Kier alpha value is -0.530. The van der Waals surface area contributed by atoms with E-state index in [0.717, 1.165) is 18.3 Å². The summed E-state index contributed by atoms with van der Waals surface area (Å²) >= 11 is 0. The Bertz CT molecular complexity index is 212. The number of esters is 1. The molecule has 2 saturated carbocycles. The number of hydrogen-bond donors (Lipinski definition) is 0. The molecule has 0 aliphatic heterocycles. The van der Waals surface area contributed by atoms with E-state index >= 15 is 0 Å². The molecule has 2 aliphatic carbocycles. The molecular weight excluding hydrogens is 164 g/mol. The molecule has 0 spiro atoms. The highest BCUT2D eigenvalue weighted by Gasteiger charge is 2.46. The van der Waals surface area contributed by atoms with Gasteiger partial charge in [-0.25, -0.2) is 0 Å². The van der Waals surface area contributed by atoms with Crippen molar-refractivity contribution in [2.75, 3.05) is 0 Å². The first-order valence-electron chi connectivity index (χ1n) is 5.38. The Kier molecular flexibility index (Phi) is 2.31. The van der Waals surface area contributed by atoms with Crippen molar-refractivity contribution in [1.29, 1.82) is 0 Å². The van der Waals surface area contributed by atoms with E-state index in [4.69, 9.17) is 4.74 Å². The smallest absolute Gasteiger partial charge is 0.302 e. The number of carbonyl (C=O) groups is 1. The monoisotopic (exact) mass is 182 g/mol. The van der Waals surface area contributed by atoms with Crippen LogP contribution in [0.2, 0.25) is 0 Å². The second kappa shape index (κ2) is 3.32. The molecule has 0 amide bonds. The fraction of sp³-hybridized carbons (Fsp3) is 0.909. The lowest BCUT2D eigenvalue weighted by atomic mass is 9.85. The third-order valence-corrected chi connectivity index (χ3v) is 3.78. The van der Waals surface area contributed by atoms with Crippen LogP contribution in [0, 0.1) is 17.8 Å². The van der Waals surface area contributed by atoms with Crippen LogP contribution in [0.1, 0.15) is 39.5 Å². The summed E-state index contributed by atoms with van der Waals surface area (Å²) in [5.41, 5.74) is 0. The first-order chi connectivity index (χ1) is 6.20. The van der Waals surface area contributed by atoms with Gasteiger partial charge >= 0.3 is 5.97 Å². The molecular formula is C11H18O2. The Morgan fingerprint density at radius 3 is 2.54 bits per heavy atom. The highest BCUT2D eigenvalue weighted by atomic mass is 16.5. The fourth-order valence-electron chi connectivity index (χ4n) is 3.20. The second-order valence-corrected chi connectivity index (χ2v) is 4.54. The minimum atomic E-state index is -0.106. The van der Waals surface area contributed by atoms with Crippen molar-refractivity contribution < 1.29 is 9.53 Å². The SMILES string of the molecule is CC[C@@H]1C[C@H]2C[C@@H]1C[C@@H]2OC(C)=O. The van der Waals surface area contributed by atoms with E-state index < -0.39 is 0 Å². The minimum Gasteiger partial charge on any atom is -0.462 e. The number of fused-ring (bicyclic) bond motifs is 2. The van der Waals surface area contributed by atoms with Crippen molar-refractivity contribution in [2.45, 2.75) is 45.6 Å². The number of ether oxygens (including phenoxy) is 1. The van der Waals surface area contributed by atoms with E-state index in [1.165, 1.54) is 26.2 Å². The summed E-state index contributed by atoms with van der Waals surface area (Å²) in [5.74, 6) is 2.33. The molecule has 0 unspecified atom stereocenters. The minimum absolute atomic E-state index is 0.106. The molecule has 2 bridgehead atoms. The van der Waals surface area contributed by atoms with Crippen LogP contribution in [0.3, 0.4) is 0 Å². The van der Waals surface area contributed by atoms with Crippen LogP contribution in [0.5, 0.6) is 0 Å². The molecule has 74 valence electrons. The van der Waals surface area contributed by atoms with E-state index in [0.29, 0.717) is 5.92 Å². The Balaban J connectivity index is 1.91.